The molecule has 3 aromatic carbocycles. The van der Waals surface area contributed by atoms with Crippen LogP contribution in [0.3, 0.4) is 0 Å². The number of hydrogen-bond donors (Lipinski definition) is 1. The molecule has 0 spiro atoms. The molecule has 12 heteroatoms. The summed E-state index contributed by atoms with van der Waals surface area (Å²) in [7, 11) is -0.907. The van der Waals surface area contributed by atoms with Crippen LogP contribution in [0.4, 0.5) is 18.9 Å². The zero-order valence-electron chi connectivity index (χ0n) is 23.4. The van der Waals surface area contributed by atoms with Crippen molar-refractivity contribution in [3.63, 3.8) is 0 Å². The van der Waals surface area contributed by atoms with Crippen molar-refractivity contribution in [3.05, 3.63) is 83.5 Å². The number of furan rings is 1. The summed E-state index contributed by atoms with van der Waals surface area (Å²) in [5.74, 6) is -3.65. The number of amides is 1. The Hall–Kier alpha value is -4.58. The number of halogens is 3. The molecule has 0 saturated heterocycles. The normalized spacial score (nSPS) is 14.5. The highest BCUT2D eigenvalue weighted by molar-refractivity contribution is 7.92. The number of aromatic nitrogens is 1. The molecule has 0 radical (unpaired) electrons. The van der Waals surface area contributed by atoms with E-state index in [0.29, 0.717) is 34.1 Å². The summed E-state index contributed by atoms with van der Waals surface area (Å²) < 4.78 is 81.0. The molecule has 1 aliphatic carbocycles. The summed E-state index contributed by atoms with van der Waals surface area (Å²) in [4.78, 5) is 17.3. The molecule has 0 bridgehead atoms. The number of nitrogens with zero attached hydrogens (tertiary/aromatic N) is 2. The van der Waals surface area contributed by atoms with Gasteiger partial charge in [-0.3, -0.25) is 9.10 Å². The Bertz CT molecular complexity index is 2000. The van der Waals surface area contributed by atoms with Crippen LogP contribution in [0.1, 0.15) is 34.7 Å². The van der Waals surface area contributed by atoms with Crippen LogP contribution in [0.15, 0.2) is 69.5 Å². The van der Waals surface area contributed by atoms with Crippen LogP contribution >= 0.6 is 0 Å². The van der Waals surface area contributed by atoms with E-state index >= 15 is 0 Å². The lowest BCUT2D eigenvalue weighted by molar-refractivity contribution is -0.0274. The fourth-order valence-corrected chi connectivity index (χ4v) is 5.81. The predicted molar refractivity (Wildman–Crippen MR) is 156 cm³/mol. The lowest BCUT2D eigenvalue weighted by atomic mass is 9.97. The molecule has 1 aliphatic rings. The number of hydrogen-bond acceptors (Lipinski definition) is 6. The average molecular weight is 610 g/mol. The standard InChI is InChI=1S/C31H26F3N3O5S/c1-35-29(38)26-22-15-21(18-6-4-7-19(14-18)30-36-28-24(42-30)8-5-13-31(28,33)34)23(37(2)43(3,39)40)16-25(22)41-27(26)17-9-11-20(32)12-10-17/h4,6-7,9-12,14-16H,5,8,13H2,1-3H3,(H,35,38). The molecule has 1 N–H and O–H groups in total. The molecule has 0 saturated carbocycles. The summed E-state index contributed by atoms with van der Waals surface area (Å²) in [6.07, 6.45) is 1.40. The highest BCUT2D eigenvalue weighted by Crippen LogP contribution is 2.44. The Morgan fingerprint density at radius 2 is 1.74 bits per heavy atom. The van der Waals surface area contributed by atoms with Crippen molar-refractivity contribution >= 4 is 32.6 Å². The number of benzene rings is 3. The smallest absolute Gasteiger partial charge is 0.293 e. The van der Waals surface area contributed by atoms with Gasteiger partial charge in [0.25, 0.3) is 11.8 Å². The molecule has 0 unspecified atom stereocenters. The number of rotatable bonds is 6. The number of oxazole rings is 1. The fraction of sp³-hybridized carbons (Fsp3) is 0.226. The second kappa shape index (κ2) is 10.3. The second-order valence-corrected chi connectivity index (χ2v) is 12.4. The first-order valence-electron chi connectivity index (χ1n) is 13.4. The third kappa shape index (κ3) is 5.05. The molecule has 2 aromatic heterocycles. The first-order valence-corrected chi connectivity index (χ1v) is 15.2. The SMILES string of the molecule is CNC(=O)c1c(-c2ccc(F)cc2)oc2cc(N(C)S(C)(=O)=O)c(-c3cccc(-c4nc5c(o4)CCCC5(F)F)c3)cc12. The van der Waals surface area contributed by atoms with Gasteiger partial charge >= 0.3 is 0 Å². The summed E-state index contributed by atoms with van der Waals surface area (Å²) in [6.45, 7) is 0. The van der Waals surface area contributed by atoms with Crippen LogP contribution < -0.4 is 9.62 Å². The maximum Gasteiger partial charge on any atom is 0.293 e. The van der Waals surface area contributed by atoms with E-state index in [0.717, 1.165) is 10.6 Å². The van der Waals surface area contributed by atoms with Gasteiger partial charge in [0.1, 0.15) is 22.9 Å². The Morgan fingerprint density at radius 3 is 2.42 bits per heavy atom. The number of anilines is 1. The average Bonchev–Trinajstić information content (AvgIpc) is 3.58. The van der Waals surface area contributed by atoms with E-state index < -0.39 is 27.7 Å². The molecule has 222 valence electrons. The monoisotopic (exact) mass is 609 g/mol. The Labute approximate surface area is 245 Å². The van der Waals surface area contributed by atoms with Gasteiger partial charge in [-0.15, -0.1) is 0 Å². The first kappa shape index (κ1) is 28.5. The van der Waals surface area contributed by atoms with Crippen LogP contribution in [0.5, 0.6) is 0 Å². The van der Waals surface area contributed by atoms with Crippen LogP contribution in [-0.4, -0.2) is 39.7 Å². The van der Waals surface area contributed by atoms with Gasteiger partial charge < -0.3 is 14.2 Å². The molecule has 2 heterocycles. The van der Waals surface area contributed by atoms with Crippen molar-refractivity contribution in [3.8, 4) is 33.9 Å². The van der Waals surface area contributed by atoms with Gasteiger partial charge in [0.05, 0.1) is 17.5 Å². The van der Waals surface area contributed by atoms with Gasteiger partial charge in [-0.1, -0.05) is 12.1 Å². The topological polar surface area (TPSA) is 106 Å². The minimum atomic E-state index is -3.76. The Balaban J connectivity index is 1.58. The maximum atomic E-state index is 14.5. The molecule has 5 aromatic rings. The summed E-state index contributed by atoms with van der Waals surface area (Å²) in [6, 6.07) is 15.3. The number of nitrogens with one attached hydrogen (secondary N) is 1. The van der Waals surface area contributed by atoms with Crippen LogP contribution in [0.25, 0.3) is 44.9 Å². The summed E-state index contributed by atoms with van der Waals surface area (Å²) >= 11 is 0. The largest absolute Gasteiger partial charge is 0.455 e. The van der Waals surface area contributed by atoms with E-state index in [4.69, 9.17) is 8.83 Å². The van der Waals surface area contributed by atoms with Gasteiger partial charge in [0, 0.05) is 55.1 Å². The first-order chi connectivity index (χ1) is 20.4. The van der Waals surface area contributed by atoms with E-state index in [1.54, 1.807) is 30.3 Å². The van der Waals surface area contributed by atoms with Crippen LogP contribution in [-0.2, 0) is 22.4 Å². The molecule has 43 heavy (non-hydrogen) atoms. The lowest BCUT2D eigenvalue weighted by Gasteiger charge is -2.21. The third-order valence-corrected chi connectivity index (χ3v) is 8.75. The van der Waals surface area contributed by atoms with Gasteiger partial charge in [0.2, 0.25) is 15.9 Å². The zero-order valence-corrected chi connectivity index (χ0v) is 24.2. The third-order valence-electron chi connectivity index (χ3n) is 7.56. The van der Waals surface area contributed by atoms with E-state index in [1.807, 2.05) is 0 Å². The zero-order chi connectivity index (χ0) is 30.7. The number of sulfonamides is 1. The Morgan fingerprint density at radius 1 is 1.02 bits per heavy atom. The van der Waals surface area contributed by atoms with E-state index in [-0.39, 0.29) is 52.8 Å². The minimum absolute atomic E-state index is 0.0282. The van der Waals surface area contributed by atoms with Gasteiger partial charge in [-0.05, 0) is 54.4 Å². The van der Waals surface area contributed by atoms with E-state index in [9.17, 15) is 26.4 Å². The molecule has 6 rings (SSSR count). The molecule has 0 fully saturated rings. The van der Waals surface area contributed by atoms with E-state index in [1.165, 1.54) is 44.4 Å². The van der Waals surface area contributed by atoms with Crippen molar-refractivity contribution in [1.29, 1.82) is 0 Å². The van der Waals surface area contributed by atoms with Crippen molar-refractivity contribution in [2.75, 3.05) is 24.7 Å². The van der Waals surface area contributed by atoms with E-state index in [2.05, 4.69) is 10.3 Å². The van der Waals surface area contributed by atoms with Crippen molar-refractivity contribution in [1.82, 2.24) is 10.3 Å². The van der Waals surface area contributed by atoms with Crippen molar-refractivity contribution in [2.24, 2.45) is 0 Å². The molecule has 0 atom stereocenters. The Kier molecular flexibility index (Phi) is 6.83. The van der Waals surface area contributed by atoms with Gasteiger partial charge in [0.15, 0.2) is 5.69 Å². The van der Waals surface area contributed by atoms with Crippen molar-refractivity contribution in [2.45, 2.75) is 25.2 Å². The number of alkyl halides is 2. The quantitative estimate of drug-likeness (QED) is 0.229. The molecular formula is C31H26F3N3O5S. The number of carbonyl (C=O) groups excluding carboxylic acids is 1. The molecule has 1 amide bonds. The lowest BCUT2D eigenvalue weighted by Crippen LogP contribution is -2.25. The highest BCUT2D eigenvalue weighted by Gasteiger charge is 2.41. The van der Waals surface area contributed by atoms with Crippen molar-refractivity contribution < 1.29 is 35.2 Å². The van der Waals surface area contributed by atoms with Gasteiger partial charge in [-0.2, -0.15) is 8.78 Å². The van der Waals surface area contributed by atoms with Crippen LogP contribution in [0.2, 0.25) is 0 Å². The summed E-state index contributed by atoms with van der Waals surface area (Å²) in [5.41, 5.74) is 2.08. The van der Waals surface area contributed by atoms with Gasteiger partial charge in [-0.25, -0.2) is 17.8 Å². The number of carbonyl (C=O) groups is 1. The summed E-state index contributed by atoms with van der Waals surface area (Å²) in [5, 5.41) is 2.99. The fourth-order valence-electron chi connectivity index (χ4n) is 5.30. The molecule has 0 aliphatic heterocycles. The minimum Gasteiger partial charge on any atom is -0.455 e. The number of aryl methyl sites for hydroxylation is 1. The number of fused-ring (bicyclic) bond motifs is 2. The molecule has 8 nitrogen and oxygen atoms in total. The van der Waals surface area contributed by atoms with Crippen LogP contribution in [0, 0.1) is 5.82 Å². The molecular weight excluding hydrogens is 583 g/mol. The maximum absolute atomic E-state index is 14.5. The second-order valence-electron chi connectivity index (χ2n) is 10.4. The predicted octanol–water partition coefficient (Wildman–Crippen LogP) is 6.74. The highest BCUT2D eigenvalue weighted by atomic mass is 32.2.